The third-order valence-electron chi connectivity index (χ3n) is 3.29. The summed E-state index contributed by atoms with van der Waals surface area (Å²) >= 11 is 0. The second-order valence-corrected chi connectivity index (χ2v) is 6.24. The summed E-state index contributed by atoms with van der Waals surface area (Å²) in [5.74, 6) is 0.235. The number of aromatic nitrogens is 1. The van der Waals surface area contributed by atoms with Gasteiger partial charge in [-0.2, -0.15) is 0 Å². The average Bonchev–Trinajstić information content (AvgIpc) is 2.52. The summed E-state index contributed by atoms with van der Waals surface area (Å²) in [4.78, 5) is 30.5. The van der Waals surface area contributed by atoms with Crippen molar-refractivity contribution in [2.75, 3.05) is 26.9 Å². The van der Waals surface area contributed by atoms with Crippen molar-refractivity contribution in [2.24, 2.45) is 0 Å². The van der Waals surface area contributed by atoms with E-state index in [-0.39, 0.29) is 12.4 Å². The summed E-state index contributed by atoms with van der Waals surface area (Å²) in [6.45, 7) is 6.17. The summed E-state index contributed by atoms with van der Waals surface area (Å²) < 4.78 is 15.8. The van der Waals surface area contributed by atoms with Gasteiger partial charge in [-0.3, -0.25) is 14.7 Å². The molecule has 0 aromatic carbocycles. The summed E-state index contributed by atoms with van der Waals surface area (Å²) in [5, 5.41) is 0. The molecule has 1 atom stereocenters. The van der Waals surface area contributed by atoms with Gasteiger partial charge in [-0.15, -0.1) is 0 Å². The van der Waals surface area contributed by atoms with Gasteiger partial charge in [0.2, 0.25) is 0 Å². The van der Waals surface area contributed by atoms with E-state index in [4.69, 9.17) is 14.2 Å². The first-order chi connectivity index (χ1) is 10.8. The molecule has 0 spiro atoms. The SMILES string of the molecule is COc1cncc(C(=O)C2COCCN2C(=O)OC(C)(C)C)c1. The number of rotatable bonds is 3. The van der Waals surface area contributed by atoms with E-state index in [1.54, 1.807) is 26.8 Å². The lowest BCUT2D eigenvalue weighted by molar-refractivity contribution is -0.0265. The highest BCUT2D eigenvalue weighted by atomic mass is 16.6. The molecule has 0 saturated carbocycles. The Bertz CT molecular complexity index is 582. The van der Waals surface area contributed by atoms with Crippen LogP contribution in [0.1, 0.15) is 31.1 Å². The van der Waals surface area contributed by atoms with E-state index in [2.05, 4.69) is 4.98 Å². The number of amides is 1. The van der Waals surface area contributed by atoms with E-state index in [1.165, 1.54) is 24.4 Å². The van der Waals surface area contributed by atoms with Crippen molar-refractivity contribution >= 4 is 11.9 Å². The minimum atomic E-state index is -0.729. The molecule has 1 aliphatic heterocycles. The fraction of sp³-hybridized carbons (Fsp3) is 0.562. The zero-order valence-electron chi connectivity index (χ0n) is 13.9. The van der Waals surface area contributed by atoms with Gasteiger partial charge >= 0.3 is 6.09 Å². The lowest BCUT2D eigenvalue weighted by Gasteiger charge is -2.35. The number of nitrogens with zero attached hydrogens (tertiary/aromatic N) is 2. The zero-order chi connectivity index (χ0) is 17.0. The van der Waals surface area contributed by atoms with Crippen molar-refractivity contribution in [2.45, 2.75) is 32.4 Å². The summed E-state index contributed by atoms with van der Waals surface area (Å²) in [7, 11) is 1.50. The monoisotopic (exact) mass is 322 g/mol. The van der Waals surface area contributed by atoms with Crippen molar-refractivity contribution in [3.05, 3.63) is 24.0 Å². The maximum Gasteiger partial charge on any atom is 0.411 e. The number of hydrogen-bond acceptors (Lipinski definition) is 6. The first kappa shape index (κ1) is 17.2. The molecule has 0 N–H and O–H groups in total. The van der Waals surface area contributed by atoms with Crippen LogP contribution in [-0.2, 0) is 9.47 Å². The normalized spacial score (nSPS) is 18.4. The maximum atomic E-state index is 12.7. The molecule has 1 aromatic rings. The van der Waals surface area contributed by atoms with Crippen LogP contribution in [0.15, 0.2) is 18.5 Å². The third kappa shape index (κ3) is 4.41. The summed E-state index contributed by atoms with van der Waals surface area (Å²) in [6, 6.07) is 0.865. The molecule has 1 amide bonds. The largest absolute Gasteiger partial charge is 0.495 e. The van der Waals surface area contributed by atoms with E-state index < -0.39 is 17.7 Å². The van der Waals surface area contributed by atoms with Crippen LogP contribution in [0, 0.1) is 0 Å². The quantitative estimate of drug-likeness (QED) is 0.791. The molecular weight excluding hydrogens is 300 g/mol. The number of ketones is 1. The van der Waals surface area contributed by atoms with E-state index in [9.17, 15) is 9.59 Å². The number of carbonyl (C=O) groups excluding carboxylic acids is 2. The Hall–Kier alpha value is -2.15. The Balaban J connectivity index is 2.20. The molecule has 1 aliphatic rings. The molecule has 0 bridgehead atoms. The van der Waals surface area contributed by atoms with Crippen molar-refractivity contribution in [3.63, 3.8) is 0 Å². The van der Waals surface area contributed by atoms with Gasteiger partial charge in [-0.1, -0.05) is 0 Å². The smallest absolute Gasteiger partial charge is 0.411 e. The molecule has 1 unspecified atom stereocenters. The van der Waals surface area contributed by atoms with Crippen molar-refractivity contribution < 1.29 is 23.8 Å². The second-order valence-electron chi connectivity index (χ2n) is 6.24. The van der Waals surface area contributed by atoms with Gasteiger partial charge in [-0.25, -0.2) is 4.79 Å². The highest BCUT2D eigenvalue weighted by Crippen LogP contribution is 2.19. The molecule has 0 radical (unpaired) electrons. The molecule has 1 aromatic heterocycles. The number of carbonyl (C=O) groups is 2. The van der Waals surface area contributed by atoms with Crippen LogP contribution < -0.4 is 4.74 Å². The Labute approximate surface area is 135 Å². The molecule has 23 heavy (non-hydrogen) atoms. The topological polar surface area (TPSA) is 78.0 Å². The van der Waals surface area contributed by atoms with Crippen LogP contribution in [-0.4, -0.2) is 60.3 Å². The van der Waals surface area contributed by atoms with Crippen molar-refractivity contribution in [1.29, 1.82) is 0 Å². The molecule has 2 heterocycles. The Morgan fingerprint density at radius 3 is 2.74 bits per heavy atom. The van der Waals surface area contributed by atoms with E-state index in [1.807, 2.05) is 0 Å². The van der Waals surface area contributed by atoms with Crippen LogP contribution in [0.3, 0.4) is 0 Å². The van der Waals surface area contributed by atoms with Crippen LogP contribution in [0.25, 0.3) is 0 Å². The van der Waals surface area contributed by atoms with E-state index in [0.717, 1.165) is 0 Å². The Morgan fingerprint density at radius 2 is 2.09 bits per heavy atom. The van der Waals surface area contributed by atoms with Crippen molar-refractivity contribution in [1.82, 2.24) is 9.88 Å². The van der Waals surface area contributed by atoms with Gasteiger partial charge in [0, 0.05) is 18.3 Å². The summed E-state index contributed by atoms with van der Waals surface area (Å²) in [6.07, 6.45) is 2.45. The van der Waals surface area contributed by atoms with Gasteiger partial charge in [0.25, 0.3) is 0 Å². The lowest BCUT2D eigenvalue weighted by Crippen LogP contribution is -2.53. The molecule has 1 fully saturated rings. The number of pyridine rings is 1. The van der Waals surface area contributed by atoms with Crippen LogP contribution >= 0.6 is 0 Å². The van der Waals surface area contributed by atoms with Gasteiger partial charge in [0.05, 0.1) is 26.5 Å². The minimum absolute atomic E-state index is 0.134. The first-order valence-corrected chi connectivity index (χ1v) is 7.42. The fourth-order valence-corrected chi connectivity index (χ4v) is 2.22. The van der Waals surface area contributed by atoms with E-state index in [0.29, 0.717) is 24.5 Å². The number of hydrogen-bond donors (Lipinski definition) is 0. The first-order valence-electron chi connectivity index (χ1n) is 7.42. The molecule has 2 rings (SSSR count). The Kier molecular flexibility index (Phi) is 5.20. The fourth-order valence-electron chi connectivity index (χ4n) is 2.22. The van der Waals surface area contributed by atoms with E-state index >= 15 is 0 Å². The van der Waals surface area contributed by atoms with Crippen molar-refractivity contribution in [3.8, 4) is 5.75 Å². The van der Waals surface area contributed by atoms with Crippen LogP contribution in [0.2, 0.25) is 0 Å². The predicted octanol–water partition coefficient (Wildman–Crippen LogP) is 1.91. The minimum Gasteiger partial charge on any atom is -0.495 e. The van der Waals surface area contributed by atoms with Crippen LogP contribution in [0.5, 0.6) is 5.75 Å². The molecule has 7 heteroatoms. The second kappa shape index (κ2) is 6.95. The highest BCUT2D eigenvalue weighted by Gasteiger charge is 2.36. The molecule has 1 saturated heterocycles. The van der Waals surface area contributed by atoms with Crippen LogP contribution in [0.4, 0.5) is 4.79 Å². The standard InChI is InChI=1S/C16H22N2O5/c1-16(2,3)23-15(20)18-5-6-22-10-13(18)14(19)11-7-12(21-4)9-17-8-11/h7-9,13H,5-6,10H2,1-4H3. The zero-order valence-corrected chi connectivity index (χ0v) is 13.9. The lowest BCUT2D eigenvalue weighted by atomic mass is 10.0. The molecule has 0 aliphatic carbocycles. The van der Waals surface area contributed by atoms with Gasteiger partial charge in [0.15, 0.2) is 5.78 Å². The van der Waals surface area contributed by atoms with Gasteiger partial charge < -0.3 is 14.2 Å². The van der Waals surface area contributed by atoms with Gasteiger partial charge in [-0.05, 0) is 26.8 Å². The maximum absolute atomic E-state index is 12.7. The molecule has 126 valence electrons. The third-order valence-corrected chi connectivity index (χ3v) is 3.29. The average molecular weight is 322 g/mol. The molecule has 7 nitrogen and oxygen atoms in total. The number of methoxy groups -OCH3 is 1. The predicted molar refractivity (Wildman–Crippen MR) is 82.7 cm³/mol. The highest BCUT2D eigenvalue weighted by molar-refractivity contribution is 6.01. The number of morpholine rings is 1. The molecular formula is C16H22N2O5. The van der Waals surface area contributed by atoms with Gasteiger partial charge in [0.1, 0.15) is 17.4 Å². The number of Topliss-reactive ketones (excluding diaryl/α,β-unsaturated/α-hetero) is 1. The Morgan fingerprint density at radius 1 is 1.35 bits per heavy atom. The number of ether oxygens (including phenoxy) is 3. The summed E-state index contributed by atoms with van der Waals surface area (Å²) in [5.41, 5.74) is -0.256.